The molecular weight excluding hydrogens is 241 g/mol. The molecule has 1 aromatic carbocycles. The number of nitrogens with zero attached hydrogens (tertiary/aromatic N) is 3. The first-order chi connectivity index (χ1) is 8.08. The molecule has 1 aromatic heterocycles. The molecule has 3 nitrogen and oxygen atoms in total. The number of halogens is 2. The van der Waals surface area contributed by atoms with Crippen molar-refractivity contribution in [2.45, 2.75) is 0 Å². The Bertz CT molecular complexity index is 526. The van der Waals surface area contributed by atoms with Gasteiger partial charge in [0.1, 0.15) is 5.82 Å². The third-order valence-electron chi connectivity index (χ3n) is 2.32. The molecule has 2 rings (SSSR count). The normalized spacial score (nSPS) is 10.4. The molecule has 0 bridgehead atoms. The average molecular weight is 252 g/mol. The van der Waals surface area contributed by atoms with Crippen molar-refractivity contribution in [2.24, 2.45) is 0 Å². The predicted octanol–water partition coefficient (Wildman–Crippen LogP) is 3.00. The average Bonchev–Trinajstić information content (AvgIpc) is 2.33. The largest absolute Gasteiger partial charge is 0.361 e. The van der Waals surface area contributed by atoms with Gasteiger partial charge in [-0.15, -0.1) is 10.2 Å². The van der Waals surface area contributed by atoms with Crippen LogP contribution in [0.3, 0.4) is 0 Å². The van der Waals surface area contributed by atoms with Crippen LogP contribution in [0.25, 0.3) is 11.3 Å². The fourth-order valence-corrected chi connectivity index (χ4v) is 1.49. The molecule has 0 aliphatic rings. The molecule has 0 spiro atoms. The summed E-state index contributed by atoms with van der Waals surface area (Å²) in [5.74, 6) is 0.297. The van der Waals surface area contributed by atoms with Gasteiger partial charge in [0.25, 0.3) is 0 Å². The first kappa shape index (κ1) is 11.8. The lowest BCUT2D eigenvalue weighted by molar-refractivity contribution is 0.628. The van der Waals surface area contributed by atoms with Crippen LogP contribution in [0.4, 0.5) is 10.2 Å². The van der Waals surface area contributed by atoms with Crippen molar-refractivity contribution in [3.8, 4) is 11.3 Å². The summed E-state index contributed by atoms with van der Waals surface area (Å²) in [5, 5.41) is 8.17. The molecule has 0 radical (unpaired) electrons. The SMILES string of the molecule is CN(C)c1ccc(-c2ccc(Cl)c(F)c2)nn1. The summed E-state index contributed by atoms with van der Waals surface area (Å²) in [6, 6.07) is 8.19. The van der Waals surface area contributed by atoms with Gasteiger partial charge in [0.05, 0.1) is 10.7 Å². The maximum absolute atomic E-state index is 13.3. The van der Waals surface area contributed by atoms with Gasteiger partial charge in [0.2, 0.25) is 0 Å². The van der Waals surface area contributed by atoms with E-state index in [1.165, 1.54) is 12.1 Å². The highest BCUT2D eigenvalue weighted by Gasteiger charge is 2.05. The third-order valence-corrected chi connectivity index (χ3v) is 2.63. The van der Waals surface area contributed by atoms with Gasteiger partial charge in [-0.2, -0.15) is 0 Å². The number of anilines is 1. The van der Waals surface area contributed by atoms with E-state index in [0.29, 0.717) is 11.3 Å². The summed E-state index contributed by atoms with van der Waals surface area (Å²) in [7, 11) is 3.76. The Hall–Kier alpha value is -1.68. The molecule has 0 fully saturated rings. The van der Waals surface area contributed by atoms with E-state index >= 15 is 0 Å². The summed E-state index contributed by atoms with van der Waals surface area (Å²) in [6.07, 6.45) is 0. The van der Waals surface area contributed by atoms with Crippen molar-refractivity contribution in [1.82, 2.24) is 10.2 Å². The van der Waals surface area contributed by atoms with Gasteiger partial charge < -0.3 is 4.90 Å². The number of hydrogen-bond donors (Lipinski definition) is 0. The maximum atomic E-state index is 13.3. The molecule has 5 heteroatoms. The van der Waals surface area contributed by atoms with E-state index in [2.05, 4.69) is 10.2 Å². The van der Waals surface area contributed by atoms with Crippen LogP contribution in [-0.2, 0) is 0 Å². The van der Waals surface area contributed by atoms with Gasteiger partial charge in [-0.1, -0.05) is 17.7 Å². The Kier molecular flexibility index (Phi) is 3.24. The lowest BCUT2D eigenvalue weighted by atomic mass is 10.1. The molecule has 0 aliphatic heterocycles. The summed E-state index contributed by atoms with van der Waals surface area (Å²) in [5.41, 5.74) is 1.27. The quantitative estimate of drug-likeness (QED) is 0.822. The molecule has 0 saturated heterocycles. The van der Waals surface area contributed by atoms with Crippen LogP contribution in [0.5, 0.6) is 0 Å². The summed E-state index contributed by atoms with van der Waals surface area (Å²) < 4.78 is 13.3. The van der Waals surface area contributed by atoms with Crippen molar-refractivity contribution >= 4 is 17.4 Å². The third kappa shape index (κ3) is 2.53. The minimum atomic E-state index is -0.456. The van der Waals surface area contributed by atoms with Crippen molar-refractivity contribution < 1.29 is 4.39 Å². The van der Waals surface area contributed by atoms with Crippen LogP contribution >= 0.6 is 11.6 Å². The van der Waals surface area contributed by atoms with E-state index in [0.717, 1.165) is 5.82 Å². The standard InChI is InChI=1S/C12H11ClFN3/c1-17(2)12-6-5-11(15-16-12)8-3-4-9(13)10(14)7-8/h3-7H,1-2H3. The molecular formula is C12H11ClFN3. The molecule has 0 aliphatic carbocycles. The monoisotopic (exact) mass is 251 g/mol. The second-order valence-electron chi connectivity index (χ2n) is 3.80. The Labute approximate surface area is 104 Å². The molecule has 0 atom stereocenters. The minimum Gasteiger partial charge on any atom is -0.361 e. The summed E-state index contributed by atoms with van der Waals surface area (Å²) in [6.45, 7) is 0. The Balaban J connectivity index is 2.36. The Morgan fingerprint density at radius 2 is 1.88 bits per heavy atom. The summed E-state index contributed by atoms with van der Waals surface area (Å²) >= 11 is 5.62. The van der Waals surface area contributed by atoms with Crippen LogP contribution in [0.2, 0.25) is 5.02 Å². The number of aromatic nitrogens is 2. The zero-order valence-corrected chi connectivity index (χ0v) is 10.2. The second kappa shape index (κ2) is 4.67. The predicted molar refractivity (Wildman–Crippen MR) is 66.8 cm³/mol. The van der Waals surface area contributed by atoms with Crippen molar-refractivity contribution in [2.75, 3.05) is 19.0 Å². The lowest BCUT2D eigenvalue weighted by Gasteiger charge is -2.10. The summed E-state index contributed by atoms with van der Waals surface area (Å²) in [4.78, 5) is 1.85. The van der Waals surface area contributed by atoms with Crippen LogP contribution < -0.4 is 4.90 Å². The molecule has 0 saturated carbocycles. The topological polar surface area (TPSA) is 29.0 Å². The second-order valence-corrected chi connectivity index (χ2v) is 4.21. The fraction of sp³-hybridized carbons (Fsp3) is 0.167. The van der Waals surface area contributed by atoms with Gasteiger partial charge in [-0.25, -0.2) is 4.39 Å². The molecule has 0 unspecified atom stereocenters. The van der Waals surface area contributed by atoms with Crippen LogP contribution in [0, 0.1) is 5.82 Å². The first-order valence-corrected chi connectivity index (χ1v) is 5.42. The van der Waals surface area contributed by atoms with E-state index in [4.69, 9.17) is 11.6 Å². The van der Waals surface area contributed by atoms with Gasteiger partial charge in [-0.3, -0.25) is 0 Å². The first-order valence-electron chi connectivity index (χ1n) is 5.04. The van der Waals surface area contributed by atoms with E-state index in [-0.39, 0.29) is 5.02 Å². The number of benzene rings is 1. The molecule has 17 heavy (non-hydrogen) atoms. The highest BCUT2D eigenvalue weighted by molar-refractivity contribution is 6.30. The van der Waals surface area contributed by atoms with Gasteiger partial charge in [-0.05, 0) is 24.3 Å². The molecule has 0 amide bonds. The minimum absolute atomic E-state index is 0.103. The van der Waals surface area contributed by atoms with Gasteiger partial charge in [0, 0.05) is 19.7 Å². The highest BCUT2D eigenvalue weighted by Crippen LogP contribution is 2.23. The van der Waals surface area contributed by atoms with E-state index < -0.39 is 5.82 Å². The smallest absolute Gasteiger partial charge is 0.150 e. The molecule has 0 N–H and O–H groups in total. The molecule has 88 valence electrons. The van der Waals surface area contributed by atoms with Crippen LogP contribution in [0.15, 0.2) is 30.3 Å². The number of hydrogen-bond acceptors (Lipinski definition) is 3. The Morgan fingerprint density at radius 1 is 1.12 bits per heavy atom. The van der Waals surface area contributed by atoms with Crippen molar-refractivity contribution in [3.05, 3.63) is 41.2 Å². The molecule has 2 aromatic rings. The zero-order valence-electron chi connectivity index (χ0n) is 9.48. The van der Waals surface area contributed by atoms with E-state index in [1.54, 1.807) is 12.1 Å². The maximum Gasteiger partial charge on any atom is 0.150 e. The Morgan fingerprint density at radius 3 is 2.41 bits per heavy atom. The van der Waals surface area contributed by atoms with E-state index in [1.807, 2.05) is 25.1 Å². The van der Waals surface area contributed by atoms with Gasteiger partial charge >= 0.3 is 0 Å². The van der Waals surface area contributed by atoms with Crippen molar-refractivity contribution in [3.63, 3.8) is 0 Å². The van der Waals surface area contributed by atoms with Gasteiger partial charge in [0.15, 0.2) is 5.82 Å². The number of rotatable bonds is 2. The van der Waals surface area contributed by atoms with E-state index in [9.17, 15) is 4.39 Å². The lowest BCUT2D eigenvalue weighted by Crippen LogP contribution is -2.11. The fourth-order valence-electron chi connectivity index (χ4n) is 1.37. The van der Waals surface area contributed by atoms with Crippen LogP contribution in [0.1, 0.15) is 0 Å². The van der Waals surface area contributed by atoms with Crippen molar-refractivity contribution in [1.29, 1.82) is 0 Å². The molecule has 1 heterocycles. The zero-order chi connectivity index (χ0) is 12.4. The highest BCUT2D eigenvalue weighted by atomic mass is 35.5. The van der Waals surface area contributed by atoms with Crippen LogP contribution in [-0.4, -0.2) is 24.3 Å².